The number of carbonyl (C=O) groups is 1. The molecule has 4 N–H and O–H groups in total. The van der Waals surface area contributed by atoms with Crippen LogP contribution in [0.2, 0.25) is 0 Å². The van der Waals surface area contributed by atoms with Crippen molar-refractivity contribution in [2.24, 2.45) is 0 Å². The van der Waals surface area contributed by atoms with Gasteiger partial charge >= 0.3 is 0 Å². The molecule has 5 rings (SSSR count). The Kier molecular flexibility index (Phi) is 5.93. The number of carbonyl (C=O) groups excluding carboxylic acids is 1. The SMILES string of the molecule is Cc1cccc(C(=O)NCc2ccc(-c3nn([C@@H]4CCCNC4)c4ncnc(N)c34)cc2)c1F. The zero-order chi connectivity index (χ0) is 23.7. The van der Waals surface area contributed by atoms with Crippen LogP contribution >= 0.6 is 0 Å². The van der Waals surface area contributed by atoms with Gasteiger partial charge in [0.05, 0.1) is 17.0 Å². The molecule has 4 aromatic rings. The summed E-state index contributed by atoms with van der Waals surface area (Å²) in [6.07, 6.45) is 3.57. The van der Waals surface area contributed by atoms with E-state index in [1.807, 2.05) is 28.9 Å². The fourth-order valence-corrected chi connectivity index (χ4v) is 4.38. The summed E-state index contributed by atoms with van der Waals surface area (Å²) in [6, 6.07) is 12.7. The van der Waals surface area contributed by atoms with Gasteiger partial charge in [0.2, 0.25) is 0 Å². The average Bonchev–Trinajstić information content (AvgIpc) is 3.26. The van der Waals surface area contributed by atoms with E-state index in [1.165, 1.54) is 12.4 Å². The number of fused-ring (bicyclic) bond motifs is 1. The topological polar surface area (TPSA) is 111 Å². The van der Waals surface area contributed by atoms with E-state index in [9.17, 15) is 9.18 Å². The molecule has 1 fully saturated rings. The molecule has 3 heterocycles. The number of anilines is 1. The van der Waals surface area contributed by atoms with Crippen molar-refractivity contribution in [3.05, 3.63) is 71.3 Å². The molecule has 0 unspecified atom stereocenters. The number of nitrogens with zero attached hydrogens (tertiary/aromatic N) is 4. The highest BCUT2D eigenvalue weighted by Crippen LogP contribution is 2.33. The Morgan fingerprint density at radius 2 is 2.06 bits per heavy atom. The predicted octanol–water partition coefficient (Wildman–Crippen LogP) is 3.38. The summed E-state index contributed by atoms with van der Waals surface area (Å²) in [5, 5.41) is 11.8. The lowest BCUT2D eigenvalue weighted by Gasteiger charge is -2.23. The molecule has 2 aromatic carbocycles. The van der Waals surface area contributed by atoms with Gasteiger partial charge in [0, 0.05) is 18.7 Å². The number of nitrogens with one attached hydrogen (secondary N) is 2. The molecule has 0 bridgehead atoms. The number of rotatable bonds is 5. The van der Waals surface area contributed by atoms with Gasteiger partial charge in [0.1, 0.15) is 23.7 Å². The van der Waals surface area contributed by atoms with Gasteiger partial charge in [-0.25, -0.2) is 19.0 Å². The molecule has 34 heavy (non-hydrogen) atoms. The van der Waals surface area contributed by atoms with Crippen molar-refractivity contribution in [3.63, 3.8) is 0 Å². The average molecular weight is 460 g/mol. The number of hydrogen-bond acceptors (Lipinski definition) is 6. The van der Waals surface area contributed by atoms with Gasteiger partial charge in [0.25, 0.3) is 5.91 Å². The summed E-state index contributed by atoms with van der Waals surface area (Å²) in [5.74, 6) is -0.543. The molecule has 1 aliphatic rings. The molecule has 9 heteroatoms. The van der Waals surface area contributed by atoms with E-state index >= 15 is 0 Å². The number of halogens is 1. The minimum absolute atomic E-state index is 0.0429. The molecular weight excluding hydrogens is 433 g/mol. The molecular formula is C25H26FN7O. The van der Waals surface area contributed by atoms with Crippen LogP contribution in [0.5, 0.6) is 0 Å². The minimum Gasteiger partial charge on any atom is -0.383 e. The lowest BCUT2D eigenvalue weighted by molar-refractivity contribution is 0.0946. The first-order valence-electron chi connectivity index (χ1n) is 11.3. The van der Waals surface area contributed by atoms with Gasteiger partial charge in [-0.2, -0.15) is 5.10 Å². The second kappa shape index (κ2) is 9.18. The molecule has 1 atom stereocenters. The third kappa shape index (κ3) is 4.10. The highest BCUT2D eigenvalue weighted by Gasteiger charge is 2.23. The van der Waals surface area contributed by atoms with Gasteiger partial charge in [-0.3, -0.25) is 4.79 Å². The highest BCUT2D eigenvalue weighted by molar-refractivity contribution is 5.98. The van der Waals surface area contributed by atoms with Crippen LogP contribution in [0.3, 0.4) is 0 Å². The van der Waals surface area contributed by atoms with Gasteiger partial charge in [-0.15, -0.1) is 0 Å². The molecule has 8 nitrogen and oxygen atoms in total. The molecule has 1 saturated heterocycles. The van der Waals surface area contributed by atoms with Crippen LogP contribution in [0.25, 0.3) is 22.3 Å². The van der Waals surface area contributed by atoms with Crippen molar-refractivity contribution in [2.45, 2.75) is 32.4 Å². The Bertz CT molecular complexity index is 1340. The first-order chi connectivity index (χ1) is 16.5. The number of benzene rings is 2. The quantitative estimate of drug-likeness (QED) is 0.422. The number of hydrogen-bond donors (Lipinski definition) is 3. The fraction of sp³-hybridized carbons (Fsp3) is 0.280. The first-order valence-corrected chi connectivity index (χ1v) is 11.3. The normalized spacial score (nSPS) is 16.0. The molecule has 0 saturated carbocycles. The highest BCUT2D eigenvalue weighted by atomic mass is 19.1. The van der Waals surface area contributed by atoms with E-state index < -0.39 is 11.7 Å². The zero-order valence-electron chi connectivity index (χ0n) is 18.9. The zero-order valence-corrected chi connectivity index (χ0v) is 18.9. The summed E-state index contributed by atoms with van der Waals surface area (Å²) in [7, 11) is 0. The van der Waals surface area contributed by atoms with Gasteiger partial charge in [-0.1, -0.05) is 36.4 Å². The summed E-state index contributed by atoms with van der Waals surface area (Å²) in [4.78, 5) is 21.1. The molecule has 0 radical (unpaired) electrons. The smallest absolute Gasteiger partial charge is 0.254 e. The third-order valence-electron chi connectivity index (χ3n) is 6.25. The van der Waals surface area contributed by atoms with E-state index in [0.29, 0.717) is 11.4 Å². The molecule has 0 spiro atoms. The van der Waals surface area contributed by atoms with Gasteiger partial charge in [0.15, 0.2) is 5.65 Å². The van der Waals surface area contributed by atoms with Crippen molar-refractivity contribution in [2.75, 3.05) is 18.8 Å². The Morgan fingerprint density at radius 1 is 1.24 bits per heavy atom. The second-order valence-corrected chi connectivity index (χ2v) is 8.57. The maximum atomic E-state index is 14.2. The molecule has 0 aliphatic carbocycles. The first kappa shape index (κ1) is 22.0. The summed E-state index contributed by atoms with van der Waals surface area (Å²) in [5.41, 5.74) is 9.94. The van der Waals surface area contributed by atoms with Crippen LogP contribution < -0.4 is 16.4 Å². The molecule has 2 aromatic heterocycles. The van der Waals surface area contributed by atoms with Crippen molar-refractivity contribution in [3.8, 4) is 11.3 Å². The summed E-state index contributed by atoms with van der Waals surface area (Å²) < 4.78 is 16.2. The van der Waals surface area contributed by atoms with Crippen molar-refractivity contribution in [1.82, 2.24) is 30.4 Å². The predicted molar refractivity (Wildman–Crippen MR) is 129 cm³/mol. The number of aryl methyl sites for hydroxylation is 1. The molecule has 1 aliphatic heterocycles. The molecule has 1 amide bonds. The van der Waals surface area contributed by atoms with Crippen molar-refractivity contribution in [1.29, 1.82) is 0 Å². The summed E-state index contributed by atoms with van der Waals surface area (Å²) in [6.45, 7) is 3.76. The maximum Gasteiger partial charge on any atom is 0.254 e. The largest absolute Gasteiger partial charge is 0.383 e. The Labute approximate surface area is 196 Å². The van der Waals surface area contributed by atoms with Crippen LogP contribution in [0.15, 0.2) is 48.8 Å². The molecule has 174 valence electrons. The number of aromatic nitrogens is 4. The second-order valence-electron chi connectivity index (χ2n) is 8.57. The number of nitrogen functional groups attached to an aromatic ring is 1. The van der Waals surface area contributed by atoms with E-state index in [0.717, 1.165) is 53.8 Å². The van der Waals surface area contributed by atoms with Crippen LogP contribution in [-0.2, 0) is 6.54 Å². The summed E-state index contributed by atoms with van der Waals surface area (Å²) >= 11 is 0. The van der Waals surface area contributed by atoms with Crippen molar-refractivity contribution < 1.29 is 9.18 Å². The minimum atomic E-state index is -0.495. The van der Waals surface area contributed by atoms with Crippen LogP contribution in [-0.4, -0.2) is 38.7 Å². The number of amides is 1. The van der Waals surface area contributed by atoms with E-state index in [1.54, 1.807) is 19.1 Å². The third-order valence-corrected chi connectivity index (χ3v) is 6.25. The van der Waals surface area contributed by atoms with E-state index in [2.05, 4.69) is 20.6 Å². The van der Waals surface area contributed by atoms with Crippen LogP contribution in [0, 0.1) is 12.7 Å². The van der Waals surface area contributed by atoms with E-state index in [-0.39, 0.29) is 18.2 Å². The lowest BCUT2D eigenvalue weighted by atomic mass is 10.1. The van der Waals surface area contributed by atoms with Crippen LogP contribution in [0.1, 0.15) is 40.4 Å². The standard InChI is InChI=1S/C25H26FN7O/c1-15-4-2-6-19(21(15)26)25(34)29-12-16-7-9-17(10-8-16)22-20-23(27)30-14-31-24(20)33(32-22)18-5-3-11-28-13-18/h2,4,6-10,14,18,28H,3,5,11-13H2,1H3,(H,29,34)(H2,27,30,31)/t18-/m1/s1. The lowest BCUT2D eigenvalue weighted by Crippen LogP contribution is -2.32. The fourth-order valence-electron chi connectivity index (χ4n) is 4.38. The Morgan fingerprint density at radius 3 is 2.82 bits per heavy atom. The van der Waals surface area contributed by atoms with E-state index in [4.69, 9.17) is 10.8 Å². The monoisotopic (exact) mass is 459 g/mol. The number of nitrogens with two attached hydrogens (primary N) is 1. The Balaban J connectivity index is 1.38. The van der Waals surface area contributed by atoms with Crippen molar-refractivity contribution >= 4 is 22.8 Å². The van der Waals surface area contributed by atoms with Crippen LogP contribution in [0.4, 0.5) is 10.2 Å². The van der Waals surface area contributed by atoms with Gasteiger partial charge < -0.3 is 16.4 Å². The number of piperidine rings is 1. The maximum absolute atomic E-state index is 14.2. The van der Waals surface area contributed by atoms with Gasteiger partial charge in [-0.05, 0) is 43.5 Å². The Hall–Kier alpha value is -3.85.